The van der Waals surface area contributed by atoms with E-state index < -0.39 is 0 Å². The Morgan fingerprint density at radius 3 is 2.04 bits per heavy atom. The summed E-state index contributed by atoms with van der Waals surface area (Å²) < 4.78 is 0. The van der Waals surface area contributed by atoms with Crippen LogP contribution in [0.15, 0.2) is 83.9 Å². The Morgan fingerprint density at radius 1 is 0.667 bits per heavy atom. The van der Waals surface area contributed by atoms with E-state index in [-0.39, 0.29) is 5.92 Å². The maximum atomic E-state index is 4.38. The van der Waals surface area contributed by atoms with Gasteiger partial charge >= 0.3 is 0 Å². The fourth-order valence-corrected chi connectivity index (χ4v) is 3.59. The van der Waals surface area contributed by atoms with Crippen LogP contribution in [0.1, 0.15) is 24.0 Å². The standard InChI is InChI=1S/C23H19N/c1-16(19-13-7-10-17-8-3-5-11-21(17)19)20-15-14-18-9-4-6-12-22(18)23(20)24-2/h3-16H,2H2,1H3. The molecule has 0 aliphatic heterocycles. The van der Waals surface area contributed by atoms with Gasteiger partial charge in [-0.2, -0.15) is 0 Å². The van der Waals surface area contributed by atoms with Gasteiger partial charge in [0.2, 0.25) is 0 Å². The zero-order valence-electron chi connectivity index (χ0n) is 13.7. The Bertz CT molecular complexity index is 1040. The number of hydrogen-bond donors (Lipinski definition) is 0. The van der Waals surface area contributed by atoms with Gasteiger partial charge in [-0.15, -0.1) is 0 Å². The van der Waals surface area contributed by atoms with Crippen LogP contribution < -0.4 is 0 Å². The van der Waals surface area contributed by atoms with Crippen molar-refractivity contribution in [1.82, 2.24) is 0 Å². The summed E-state index contributed by atoms with van der Waals surface area (Å²) in [5.41, 5.74) is 3.54. The third kappa shape index (κ3) is 2.30. The van der Waals surface area contributed by atoms with Crippen molar-refractivity contribution in [3.63, 3.8) is 0 Å². The number of nitrogens with zero attached hydrogens (tertiary/aromatic N) is 1. The van der Waals surface area contributed by atoms with Crippen LogP contribution >= 0.6 is 0 Å². The van der Waals surface area contributed by atoms with E-state index in [2.05, 4.69) is 97.5 Å². The molecule has 0 N–H and O–H groups in total. The van der Waals surface area contributed by atoms with E-state index in [1.807, 2.05) is 0 Å². The van der Waals surface area contributed by atoms with Gasteiger partial charge in [-0.25, -0.2) is 0 Å². The van der Waals surface area contributed by atoms with Crippen LogP contribution in [-0.2, 0) is 0 Å². The molecule has 0 aliphatic rings. The highest BCUT2D eigenvalue weighted by molar-refractivity contribution is 5.95. The molecular formula is C23H19N. The zero-order chi connectivity index (χ0) is 16.5. The summed E-state index contributed by atoms with van der Waals surface area (Å²) >= 11 is 0. The van der Waals surface area contributed by atoms with Gasteiger partial charge in [-0.05, 0) is 34.0 Å². The quantitative estimate of drug-likeness (QED) is 0.384. The highest BCUT2D eigenvalue weighted by atomic mass is 14.7. The highest BCUT2D eigenvalue weighted by Gasteiger charge is 2.16. The smallest absolute Gasteiger partial charge is 0.0738 e. The van der Waals surface area contributed by atoms with Crippen LogP contribution in [0.4, 0.5) is 5.69 Å². The molecule has 4 aromatic carbocycles. The molecule has 0 spiro atoms. The number of hydrogen-bond acceptors (Lipinski definition) is 1. The Hall–Kier alpha value is -2.93. The predicted octanol–water partition coefficient (Wildman–Crippen LogP) is 6.48. The van der Waals surface area contributed by atoms with E-state index in [0.717, 1.165) is 11.1 Å². The molecule has 4 aromatic rings. The molecule has 24 heavy (non-hydrogen) atoms. The molecule has 0 fully saturated rings. The van der Waals surface area contributed by atoms with E-state index in [4.69, 9.17) is 0 Å². The lowest BCUT2D eigenvalue weighted by molar-refractivity contribution is 0.935. The molecule has 1 atom stereocenters. The van der Waals surface area contributed by atoms with Crippen molar-refractivity contribution in [3.8, 4) is 0 Å². The summed E-state index contributed by atoms with van der Waals surface area (Å²) in [6, 6.07) is 27.8. The fraction of sp³-hybridized carbons (Fsp3) is 0.0870. The summed E-state index contributed by atoms with van der Waals surface area (Å²) in [5.74, 6) is 0.251. The summed E-state index contributed by atoms with van der Waals surface area (Å²) in [6.07, 6.45) is 0. The van der Waals surface area contributed by atoms with Gasteiger partial charge in [0.05, 0.1) is 5.69 Å². The van der Waals surface area contributed by atoms with E-state index in [1.54, 1.807) is 0 Å². The third-order valence-corrected chi connectivity index (χ3v) is 4.85. The predicted molar refractivity (Wildman–Crippen MR) is 105 cm³/mol. The lowest BCUT2D eigenvalue weighted by Gasteiger charge is -2.18. The number of benzene rings is 4. The van der Waals surface area contributed by atoms with Crippen LogP contribution in [0.5, 0.6) is 0 Å². The first kappa shape index (κ1) is 14.6. The van der Waals surface area contributed by atoms with Crippen molar-refractivity contribution in [2.75, 3.05) is 0 Å². The molecule has 0 aliphatic carbocycles. The summed E-state index contributed by atoms with van der Waals surface area (Å²) in [7, 11) is 0. The maximum absolute atomic E-state index is 4.38. The molecular weight excluding hydrogens is 290 g/mol. The molecule has 0 saturated carbocycles. The molecule has 4 rings (SSSR count). The lowest BCUT2D eigenvalue weighted by atomic mass is 9.87. The molecule has 1 unspecified atom stereocenters. The first-order valence-electron chi connectivity index (χ1n) is 8.25. The second-order valence-corrected chi connectivity index (χ2v) is 6.17. The topological polar surface area (TPSA) is 12.4 Å². The van der Waals surface area contributed by atoms with Crippen LogP contribution in [0, 0.1) is 0 Å². The Balaban J connectivity index is 1.95. The van der Waals surface area contributed by atoms with Gasteiger partial charge in [0.15, 0.2) is 0 Å². The minimum atomic E-state index is 0.251. The first-order chi connectivity index (χ1) is 11.8. The molecule has 0 radical (unpaired) electrons. The monoisotopic (exact) mass is 309 g/mol. The van der Waals surface area contributed by atoms with Crippen molar-refractivity contribution >= 4 is 33.9 Å². The highest BCUT2D eigenvalue weighted by Crippen LogP contribution is 2.39. The van der Waals surface area contributed by atoms with Crippen molar-refractivity contribution in [2.45, 2.75) is 12.8 Å². The van der Waals surface area contributed by atoms with E-state index >= 15 is 0 Å². The zero-order valence-corrected chi connectivity index (χ0v) is 13.7. The lowest BCUT2D eigenvalue weighted by Crippen LogP contribution is -1.98. The van der Waals surface area contributed by atoms with Gasteiger partial charge in [0.25, 0.3) is 0 Å². The second-order valence-electron chi connectivity index (χ2n) is 6.17. The minimum absolute atomic E-state index is 0.251. The molecule has 0 amide bonds. The van der Waals surface area contributed by atoms with Crippen LogP contribution in [0.3, 0.4) is 0 Å². The Morgan fingerprint density at radius 2 is 1.29 bits per heavy atom. The van der Waals surface area contributed by atoms with Gasteiger partial charge < -0.3 is 0 Å². The van der Waals surface area contributed by atoms with Gasteiger partial charge in [0.1, 0.15) is 0 Å². The molecule has 1 heteroatoms. The van der Waals surface area contributed by atoms with Crippen LogP contribution in [0.2, 0.25) is 0 Å². The molecule has 0 heterocycles. The first-order valence-corrected chi connectivity index (χ1v) is 8.25. The number of rotatable bonds is 3. The maximum Gasteiger partial charge on any atom is 0.0738 e. The van der Waals surface area contributed by atoms with E-state index in [1.165, 1.54) is 27.3 Å². The molecule has 1 nitrogen and oxygen atoms in total. The molecule has 0 bridgehead atoms. The molecule has 0 aromatic heterocycles. The Labute approximate surface area is 142 Å². The van der Waals surface area contributed by atoms with Crippen LogP contribution in [0.25, 0.3) is 21.5 Å². The largest absolute Gasteiger partial charge is 0.264 e. The summed E-state index contributed by atoms with van der Waals surface area (Å²) in [4.78, 5) is 4.38. The SMILES string of the molecule is C=Nc1c(C(C)c2cccc3ccccc23)ccc2ccccc12. The average Bonchev–Trinajstić information content (AvgIpc) is 2.66. The summed E-state index contributed by atoms with van der Waals surface area (Å²) in [6.45, 7) is 6.08. The van der Waals surface area contributed by atoms with E-state index in [9.17, 15) is 0 Å². The van der Waals surface area contributed by atoms with Crippen molar-refractivity contribution in [2.24, 2.45) is 4.99 Å². The second kappa shape index (κ2) is 5.93. The fourth-order valence-electron chi connectivity index (χ4n) is 3.59. The van der Waals surface area contributed by atoms with Gasteiger partial charge in [0, 0.05) is 11.3 Å². The van der Waals surface area contributed by atoms with Crippen LogP contribution in [-0.4, -0.2) is 6.72 Å². The molecule has 116 valence electrons. The third-order valence-electron chi connectivity index (χ3n) is 4.85. The number of fused-ring (bicyclic) bond motifs is 2. The van der Waals surface area contributed by atoms with Crippen molar-refractivity contribution in [3.05, 3.63) is 90.0 Å². The van der Waals surface area contributed by atoms with Gasteiger partial charge in [-0.1, -0.05) is 85.8 Å². The van der Waals surface area contributed by atoms with Crippen molar-refractivity contribution in [1.29, 1.82) is 0 Å². The van der Waals surface area contributed by atoms with Crippen molar-refractivity contribution < 1.29 is 0 Å². The normalized spacial score (nSPS) is 12.4. The van der Waals surface area contributed by atoms with E-state index in [0.29, 0.717) is 0 Å². The Kier molecular flexibility index (Phi) is 3.62. The molecule has 0 saturated heterocycles. The average molecular weight is 309 g/mol. The van der Waals surface area contributed by atoms with Gasteiger partial charge in [-0.3, -0.25) is 4.99 Å². The minimum Gasteiger partial charge on any atom is -0.264 e. The summed E-state index contributed by atoms with van der Waals surface area (Å²) in [5, 5.41) is 4.94. The number of aliphatic imine (C=N–C) groups is 1.